The van der Waals surface area contributed by atoms with Crippen molar-refractivity contribution in [2.45, 2.75) is 57.3 Å². The Bertz CT molecular complexity index is 494. The second-order valence-electron chi connectivity index (χ2n) is 6.38. The Morgan fingerprint density at radius 2 is 2.30 bits per heavy atom. The Labute approximate surface area is 142 Å². The van der Waals surface area contributed by atoms with Crippen LogP contribution in [0, 0.1) is 11.8 Å². The molecule has 1 aliphatic rings. The highest BCUT2D eigenvalue weighted by molar-refractivity contribution is 7.99. The molecule has 1 heterocycles. The number of hydrogen-bond acceptors (Lipinski definition) is 5. The van der Waals surface area contributed by atoms with Crippen LogP contribution < -0.4 is 5.32 Å². The number of amides is 1. The highest BCUT2D eigenvalue weighted by atomic mass is 32.2. The minimum Gasteiger partial charge on any atom is -0.385 e. The van der Waals surface area contributed by atoms with Gasteiger partial charge in [-0.05, 0) is 24.7 Å². The van der Waals surface area contributed by atoms with Gasteiger partial charge in [-0.15, -0.1) is 10.2 Å². The van der Waals surface area contributed by atoms with Crippen LogP contribution in [0.3, 0.4) is 0 Å². The molecule has 130 valence electrons. The van der Waals surface area contributed by atoms with Crippen molar-refractivity contribution in [1.29, 1.82) is 0 Å². The summed E-state index contributed by atoms with van der Waals surface area (Å²) in [6, 6.07) is 0.312. The average molecular weight is 340 g/mol. The van der Waals surface area contributed by atoms with Crippen molar-refractivity contribution >= 4 is 17.7 Å². The van der Waals surface area contributed by atoms with Gasteiger partial charge in [0.25, 0.3) is 0 Å². The lowest BCUT2D eigenvalue weighted by Gasteiger charge is -2.34. The summed E-state index contributed by atoms with van der Waals surface area (Å²) in [6.07, 6.45) is 6.19. The average Bonchev–Trinajstić information content (AvgIpc) is 2.98. The maximum absolute atomic E-state index is 12.2. The zero-order chi connectivity index (χ0) is 16.7. The molecule has 6 nitrogen and oxygen atoms in total. The summed E-state index contributed by atoms with van der Waals surface area (Å²) in [7, 11) is 1.69. The standard InChI is InChI=1S/C16H28N4O2S/c1-12-6-4-7-14(13(12)2)18-15(21)10-23-16-19-17-11-20(16)8-5-9-22-3/h11-14H,4-10H2,1-3H3,(H,18,21). The van der Waals surface area contributed by atoms with Crippen LogP contribution in [0.15, 0.2) is 11.5 Å². The third-order valence-electron chi connectivity index (χ3n) is 4.71. The number of hydrogen-bond donors (Lipinski definition) is 1. The molecule has 0 bridgehead atoms. The van der Waals surface area contributed by atoms with Gasteiger partial charge in [0.05, 0.1) is 5.75 Å². The van der Waals surface area contributed by atoms with Crippen LogP contribution in [0.2, 0.25) is 0 Å². The fourth-order valence-electron chi connectivity index (χ4n) is 3.05. The molecule has 1 aromatic heterocycles. The van der Waals surface area contributed by atoms with Crippen LogP contribution in [0.25, 0.3) is 0 Å². The second-order valence-corrected chi connectivity index (χ2v) is 7.33. The van der Waals surface area contributed by atoms with E-state index >= 15 is 0 Å². The van der Waals surface area contributed by atoms with Gasteiger partial charge < -0.3 is 14.6 Å². The van der Waals surface area contributed by atoms with Gasteiger partial charge in [0, 0.05) is 26.3 Å². The smallest absolute Gasteiger partial charge is 0.230 e. The molecule has 0 aliphatic heterocycles. The van der Waals surface area contributed by atoms with Crippen molar-refractivity contribution in [3.63, 3.8) is 0 Å². The molecule has 0 spiro atoms. The minimum absolute atomic E-state index is 0.0902. The predicted octanol–water partition coefficient (Wildman–Crippen LogP) is 2.35. The predicted molar refractivity (Wildman–Crippen MR) is 91.3 cm³/mol. The number of aromatic nitrogens is 3. The van der Waals surface area contributed by atoms with Crippen LogP contribution in [-0.2, 0) is 16.1 Å². The van der Waals surface area contributed by atoms with Crippen molar-refractivity contribution < 1.29 is 9.53 Å². The Morgan fingerprint density at radius 1 is 1.48 bits per heavy atom. The topological polar surface area (TPSA) is 69.0 Å². The number of rotatable bonds is 8. The van der Waals surface area contributed by atoms with Gasteiger partial charge in [-0.25, -0.2) is 0 Å². The molecule has 2 rings (SSSR count). The monoisotopic (exact) mass is 340 g/mol. The largest absolute Gasteiger partial charge is 0.385 e. The van der Waals surface area contributed by atoms with E-state index < -0.39 is 0 Å². The third-order valence-corrected chi connectivity index (χ3v) is 5.69. The van der Waals surface area contributed by atoms with Gasteiger partial charge in [0.15, 0.2) is 5.16 Å². The summed E-state index contributed by atoms with van der Waals surface area (Å²) in [6.45, 7) is 6.04. The molecule has 23 heavy (non-hydrogen) atoms. The molecule has 1 aromatic rings. The summed E-state index contributed by atoms with van der Waals surface area (Å²) in [4.78, 5) is 12.2. The third kappa shape index (κ3) is 5.49. The van der Waals surface area contributed by atoms with E-state index in [0.717, 1.165) is 24.5 Å². The summed E-state index contributed by atoms with van der Waals surface area (Å²) < 4.78 is 7.03. The lowest BCUT2D eigenvalue weighted by atomic mass is 9.78. The maximum atomic E-state index is 12.2. The molecule has 0 aromatic carbocycles. The van der Waals surface area contributed by atoms with Crippen molar-refractivity contribution in [3.8, 4) is 0 Å². The van der Waals surface area contributed by atoms with Gasteiger partial charge in [0.1, 0.15) is 6.33 Å². The van der Waals surface area contributed by atoms with Crippen molar-refractivity contribution in [2.24, 2.45) is 11.8 Å². The molecule has 1 amide bonds. The van der Waals surface area contributed by atoms with Gasteiger partial charge in [0.2, 0.25) is 5.91 Å². The molecule has 0 radical (unpaired) electrons. The molecule has 7 heteroatoms. The fourth-order valence-corrected chi connectivity index (χ4v) is 3.81. The zero-order valence-corrected chi connectivity index (χ0v) is 15.1. The van der Waals surface area contributed by atoms with E-state index in [4.69, 9.17) is 4.74 Å². The van der Waals surface area contributed by atoms with E-state index in [0.29, 0.717) is 30.2 Å². The lowest BCUT2D eigenvalue weighted by Crippen LogP contribution is -2.44. The lowest BCUT2D eigenvalue weighted by molar-refractivity contribution is -0.120. The number of thioether (sulfide) groups is 1. The Morgan fingerprint density at radius 3 is 3.09 bits per heavy atom. The van der Waals surface area contributed by atoms with Crippen molar-refractivity contribution in [3.05, 3.63) is 6.33 Å². The van der Waals surface area contributed by atoms with E-state index in [1.165, 1.54) is 24.6 Å². The van der Waals surface area contributed by atoms with Crippen LogP contribution in [-0.4, -0.2) is 46.2 Å². The number of carbonyl (C=O) groups excluding carboxylic acids is 1. The first-order valence-corrected chi connectivity index (χ1v) is 9.39. The molecule has 0 saturated heterocycles. The quantitative estimate of drug-likeness (QED) is 0.581. The van der Waals surface area contributed by atoms with Gasteiger partial charge >= 0.3 is 0 Å². The summed E-state index contributed by atoms with van der Waals surface area (Å²) in [5, 5.41) is 12.0. The summed E-state index contributed by atoms with van der Waals surface area (Å²) in [5.74, 6) is 1.72. The number of methoxy groups -OCH3 is 1. The number of ether oxygens (including phenoxy) is 1. The normalized spacial score (nSPS) is 24.6. The Hall–Kier alpha value is -1.08. The van der Waals surface area contributed by atoms with Crippen molar-refractivity contribution in [2.75, 3.05) is 19.5 Å². The fraction of sp³-hybridized carbons (Fsp3) is 0.812. The van der Waals surface area contributed by atoms with E-state index in [-0.39, 0.29) is 5.91 Å². The Kier molecular flexibility index (Phi) is 7.36. The first-order valence-electron chi connectivity index (χ1n) is 8.40. The highest BCUT2D eigenvalue weighted by Crippen LogP contribution is 2.29. The highest BCUT2D eigenvalue weighted by Gasteiger charge is 2.28. The van der Waals surface area contributed by atoms with Crippen LogP contribution in [0.1, 0.15) is 39.5 Å². The maximum Gasteiger partial charge on any atom is 0.230 e. The van der Waals surface area contributed by atoms with Crippen LogP contribution >= 0.6 is 11.8 Å². The second kappa shape index (κ2) is 9.27. The number of nitrogens with zero attached hydrogens (tertiary/aromatic N) is 3. The number of nitrogens with one attached hydrogen (secondary N) is 1. The molecule has 1 aliphatic carbocycles. The summed E-state index contributed by atoms with van der Waals surface area (Å²) >= 11 is 1.45. The molecule has 3 unspecified atom stereocenters. The van der Waals surface area contributed by atoms with Crippen LogP contribution in [0.4, 0.5) is 0 Å². The van der Waals surface area contributed by atoms with E-state index in [1.54, 1.807) is 13.4 Å². The van der Waals surface area contributed by atoms with Gasteiger partial charge in [-0.3, -0.25) is 4.79 Å². The molecule has 1 N–H and O–H groups in total. The Balaban J connectivity index is 1.77. The summed E-state index contributed by atoms with van der Waals surface area (Å²) in [5.41, 5.74) is 0. The molecular weight excluding hydrogens is 312 g/mol. The first kappa shape index (κ1) is 18.3. The zero-order valence-electron chi connectivity index (χ0n) is 14.3. The number of aryl methyl sites for hydroxylation is 1. The van der Waals surface area contributed by atoms with E-state index in [2.05, 4.69) is 29.4 Å². The number of carbonyl (C=O) groups is 1. The van der Waals surface area contributed by atoms with Crippen molar-refractivity contribution in [1.82, 2.24) is 20.1 Å². The molecular formula is C16H28N4O2S. The molecule has 1 fully saturated rings. The molecule has 3 atom stereocenters. The van der Waals surface area contributed by atoms with Gasteiger partial charge in [-0.2, -0.15) is 0 Å². The van der Waals surface area contributed by atoms with Crippen LogP contribution in [0.5, 0.6) is 0 Å². The molecule has 1 saturated carbocycles. The van der Waals surface area contributed by atoms with E-state index in [1.807, 2.05) is 4.57 Å². The van der Waals surface area contributed by atoms with Gasteiger partial charge in [-0.1, -0.05) is 38.5 Å². The first-order chi connectivity index (χ1) is 11.1. The SMILES string of the molecule is COCCCn1cnnc1SCC(=O)NC1CCCC(C)C1C. The minimum atomic E-state index is 0.0902. The van der Waals surface area contributed by atoms with E-state index in [9.17, 15) is 4.79 Å².